The van der Waals surface area contributed by atoms with Gasteiger partial charge < -0.3 is 0 Å². The molecule has 14 heavy (non-hydrogen) atoms. The van der Waals surface area contributed by atoms with Crippen molar-refractivity contribution in [1.29, 1.82) is 5.26 Å². The molecule has 0 aliphatic heterocycles. The number of rotatable bonds is 1. The highest BCUT2D eigenvalue weighted by Crippen LogP contribution is 2.28. The van der Waals surface area contributed by atoms with Crippen molar-refractivity contribution < 1.29 is 4.39 Å². The van der Waals surface area contributed by atoms with Crippen molar-refractivity contribution in [3.63, 3.8) is 0 Å². The van der Waals surface area contributed by atoms with Crippen molar-refractivity contribution in [2.24, 2.45) is 0 Å². The predicted octanol–water partition coefficient (Wildman–Crippen LogP) is 3.15. The highest BCUT2D eigenvalue weighted by atomic mass is 35.5. The van der Waals surface area contributed by atoms with Gasteiger partial charge >= 0.3 is 0 Å². The molecule has 0 fully saturated rings. The van der Waals surface area contributed by atoms with E-state index in [2.05, 4.69) is 4.98 Å². The van der Waals surface area contributed by atoms with Crippen LogP contribution in [0.4, 0.5) is 4.39 Å². The highest BCUT2D eigenvalue weighted by Gasteiger charge is 2.10. The van der Waals surface area contributed by atoms with E-state index >= 15 is 0 Å². The van der Waals surface area contributed by atoms with Gasteiger partial charge in [-0.2, -0.15) is 5.26 Å². The van der Waals surface area contributed by atoms with E-state index < -0.39 is 5.82 Å². The first-order valence-corrected chi connectivity index (χ1v) is 5.02. The fraction of sp³-hybridized carbons (Fsp3) is 0.111. The number of benzene rings is 1. The number of nitriles is 1. The molecule has 0 saturated carbocycles. The van der Waals surface area contributed by atoms with Gasteiger partial charge in [-0.1, -0.05) is 11.6 Å². The van der Waals surface area contributed by atoms with Crippen LogP contribution in [0.1, 0.15) is 5.01 Å². The standard InChI is InChI=1S/C9H4ClFN2S/c10-5-1-2-6-9(8(5)11)13-7(14-6)3-4-12/h1-2H,3H2. The number of nitrogens with zero attached hydrogens (tertiary/aromatic N) is 2. The molecular weight excluding hydrogens is 223 g/mol. The Morgan fingerprint density at radius 2 is 2.36 bits per heavy atom. The van der Waals surface area contributed by atoms with Crippen molar-refractivity contribution in [2.75, 3.05) is 0 Å². The van der Waals surface area contributed by atoms with Gasteiger partial charge in [-0.3, -0.25) is 0 Å². The van der Waals surface area contributed by atoms with E-state index in [4.69, 9.17) is 16.9 Å². The third-order valence-electron chi connectivity index (χ3n) is 1.73. The molecule has 2 rings (SSSR count). The minimum atomic E-state index is -0.510. The Labute approximate surface area is 88.6 Å². The second-order valence-electron chi connectivity index (χ2n) is 2.65. The first kappa shape index (κ1) is 9.38. The Morgan fingerprint density at radius 1 is 1.57 bits per heavy atom. The summed E-state index contributed by atoms with van der Waals surface area (Å²) in [5, 5.41) is 9.14. The van der Waals surface area contributed by atoms with Crippen LogP contribution in [-0.4, -0.2) is 4.98 Å². The lowest BCUT2D eigenvalue weighted by atomic mass is 10.3. The highest BCUT2D eigenvalue weighted by molar-refractivity contribution is 7.18. The monoisotopic (exact) mass is 226 g/mol. The summed E-state index contributed by atoms with van der Waals surface area (Å²) >= 11 is 6.91. The van der Waals surface area contributed by atoms with Gasteiger partial charge in [0.15, 0.2) is 5.82 Å². The fourth-order valence-electron chi connectivity index (χ4n) is 1.13. The van der Waals surface area contributed by atoms with Crippen LogP contribution >= 0.6 is 22.9 Å². The van der Waals surface area contributed by atoms with Crippen LogP contribution in [0.3, 0.4) is 0 Å². The van der Waals surface area contributed by atoms with Gasteiger partial charge in [0.1, 0.15) is 10.5 Å². The maximum Gasteiger partial charge on any atom is 0.168 e. The van der Waals surface area contributed by atoms with Crippen LogP contribution in [0.5, 0.6) is 0 Å². The van der Waals surface area contributed by atoms with Crippen molar-refractivity contribution in [3.05, 3.63) is 28.0 Å². The SMILES string of the molecule is N#CCc1nc2c(F)c(Cl)ccc2s1. The molecule has 0 radical (unpaired) electrons. The Bertz CT molecular complexity index is 529. The summed E-state index contributed by atoms with van der Waals surface area (Å²) < 4.78 is 14.1. The quantitative estimate of drug-likeness (QED) is 0.749. The Morgan fingerprint density at radius 3 is 3.07 bits per heavy atom. The Kier molecular flexibility index (Phi) is 2.36. The maximum atomic E-state index is 13.4. The van der Waals surface area contributed by atoms with Crippen LogP contribution in [0.15, 0.2) is 12.1 Å². The van der Waals surface area contributed by atoms with Crippen LogP contribution in [0.2, 0.25) is 5.02 Å². The zero-order chi connectivity index (χ0) is 10.1. The topological polar surface area (TPSA) is 36.7 Å². The molecule has 0 saturated heterocycles. The van der Waals surface area contributed by atoms with Gasteiger partial charge in [-0.15, -0.1) is 11.3 Å². The average Bonchev–Trinajstić information content (AvgIpc) is 2.56. The molecule has 5 heteroatoms. The maximum absolute atomic E-state index is 13.4. The molecule has 0 atom stereocenters. The average molecular weight is 227 g/mol. The number of fused-ring (bicyclic) bond motifs is 1. The van der Waals surface area contributed by atoms with Gasteiger partial charge in [0.2, 0.25) is 0 Å². The first-order valence-electron chi connectivity index (χ1n) is 3.82. The third kappa shape index (κ3) is 1.45. The van der Waals surface area contributed by atoms with E-state index in [-0.39, 0.29) is 17.0 Å². The van der Waals surface area contributed by atoms with E-state index in [9.17, 15) is 4.39 Å². The minimum absolute atomic E-state index is 0.0614. The molecule has 0 aliphatic carbocycles. The van der Waals surface area contributed by atoms with E-state index in [1.54, 1.807) is 6.07 Å². The predicted molar refractivity (Wildman–Crippen MR) is 53.9 cm³/mol. The molecule has 1 aromatic heterocycles. The largest absolute Gasteiger partial charge is 0.237 e. The molecule has 1 heterocycles. The summed E-state index contributed by atoms with van der Waals surface area (Å²) in [6.45, 7) is 0. The second kappa shape index (κ2) is 3.52. The van der Waals surface area contributed by atoms with Crippen molar-refractivity contribution in [2.45, 2.75) is 6.42 Å². The number of hydrogen-bond acceptors (Lipinski definition) is 3. The number of thiazole rings is 1. The van der Waals surface area contributed by atoms with Gasteiger partial charge in [0.25, 0.3) is 0 Å². The molecule has 2 nitrogen and oxygen atoms in total. The van der Waals surface area contributed by atoms with Crippen LogP contribution in [0.25, 0.3) is 10.2 Å². The number of aromatic nitrogens is 1. The van der Waals surface area contributed by atoms with Crippen LogP contribution in [0, 0.1) is 17.1 Å². The van der Waals surface area contributed by atoms with E-state index in [1.807, 2.05) is 6.07 Å². The van der Waals surface area contributed by atoms with Crippen molar-refractivity contribution >= 4 is 33.2 Å². The van der Waals surface area contributed by atoms with Gasteiger partial charge in [-0.25, -0.2) is 9.37 Å². The first-order chi connectivity index (χ1) is 6.72. The zero-order valence-electron chi connectivity index (χ0n) is 6.92. The molecule has 0 amide bonds. The summed E-state index contributed by atoms with van der Waals surface area (Å²) in [7, 11) is 0. The van der Waals surface area contributed by atoms with E-state index in [0.29, 0.717) is 5.01 Å². The Hall–Kier alpha value is -1.18. The van der Waals surface area contributed by atoms with Gasteiger partial charge in [0.05, 0.1) is 22.2 Å². The van der Waals surface area contributed by atoms with Crippen molar-refractivity contribution in [1.82, 2.24) is 4.98 Å². The molecule has 0 unspecified atom stereocenters. The van der Waals surface area contributed by atoms with Crippen molar-refractivity contribution in [3.8, 4) is 6.07 Å². The van der Waals surface area contributed by atoms with E-state index in [1.165, 1.54) is 17.4 Å². The molecule has 0 N–H and O–H groups in total. The lowest BCUT2D eigenvalue weighted by Gasteiger charge is -1.92. The smallest absolute Gasteiger partial charge is 0.168 e. The summed E-state index contributed by atoms with van der Waals surface area (Å²) in [6, 6.07) is 5.17. The molecule has 70 valence electrons. The van der Waals surface area contributed by atoms with E-state index in [0.717, 1.165) is 4.70 Å². The zero-order valence-corrected chi connectivity index (χ0v) is 8.49. The summed E-state index contributed by atoms with van der Waals surface area (Å²) in [5.41, 5.74) is 0.257. The number of halogens is 2. The molecule has 0 aliphatic rings. The third-order valence-corrected chi connectivity index (χ3v) is 3.04. The van der Waals surface area contributed by atoms with Crippen LogP contribution < -0.4 is 0 Å². The summed E-state index contributed by atoms with van der Waals surface area (Å²) in [5.74, 6) is -0.510. The van der Waals surface area contributed by atoms with Gasteiger partial charge in [-0.05, 0) is 12.1 Å². The number of hydrogen-bond donors (Lipinski definition) is 0. The van der Waals surface area contributed by atoms with Gasteiger partial charge in [0, 0.05) is 0 Å². The normalized spacial score (nSPS) is 10.4. The van der Waals surface area contributed by atoms with Crippen LogP contribution in [-0.2, 0) is 6.42 Å². The summed E-state index contributed by atoms with van der Waals surface area (Å²) in [4.78, 5) is 4.00. The summed E-state index contributed by atoms with van der Waals surface area (Å²) in [6.07, 6.45) is 0.205. The molecular formula is C9H4ClFN2S. The Balaban J connectivity index is 2.66. The molecule has 2 aromatic rings. The molecule has 1 aromatic carbocycles. The molecule has 0 spiro atoms. The lowest BCUT2D eigenvalue weighted by molar-refractivity contribution is 0.637. The second-order valence-corrected chi connectivity index (χ2v) is 4.17. The fourth-order valence-corrected chi connectivity index (χ4v) is 2.17. The minimum Gasteiger partial charge on any atom is -0.237 e. The lowest BCUT2D eigenvalue weighted by Crippen LogP contribution is -1.81. The molecule has 0 bridgehead atoms.